The molecule has 1 heterocycles. The van der Waals surface area contributed by atoms with Crippen molar-refractivity contribution in [2.24, 2.45) is 0 Å². The molecule has 0 atom stereocenters. The van der Waals surface area contributed by atoms with Crippen LogP contribution in [0.15, 0.2) is 16.6 Å². The van der Waals surface area contributed by atoms with Gasteiger partial charge in [0.25, 0.3) is 5.91 Å². The van der Waals surface area contributed by atoms with E-state index in [1.54, 1.807) is 12.1 Å². The second kappa shape index (κ2) is 7.07. The highest BCUT2D eigenvalue weighted by atomic mass is 79.9. The van der Waals surface area contributed by atoms with Crippen LogP contribution in [0.3, 0.4) is 0 Å². The first-order valence-corrected chi connectivity index (χ1v) is 6.12. The second-order valence-electron chi connectivity index (χ2n) is 3.56. The predicted molar refractivity (Wildman–Crippen MR) is 68.9 cm³/mol. The summed E-state index contributed by atoms with van der Waals surface area (Å²) in [5, 5.41) is 14.2. The maximum Gasteiger partial charge on any atom is 0.269 e. The van der Waals surface area contributed by atoms with E-state index in [2.05, 4.69) is 31.5 Å². The van der Waals surface area contributed by atoms with E-state index < -0.39 is 0 Å². The zero-order valence-corrected chi connectivity index (χ0v) is 11.5. The molecule has 0 unspecified atom stereocenters. The number of aliphatic hydroxyl groups is 1. The van der Waals surface area contributed by atoms with E-state index in [9.17, 15) is 9.59 Å². The summed E-state index contributed by atoms with van der Waals surface area (Å²) in [6.07, 6.45) is 0. The Labute approximate surface area is 113 Å². The van der Waals surface area contributed by atoms with Gasteiger partial charge >= 0.3 is 0 Å². The Bertz CT molecular complexity index is 451. The molecular weight excluding hydrogens is 302 g/mol. The number of carbonyl (C=O) groups excluding carboxylic acids is 2. The molecule has 3 N–H and O–H groups in total. The maximum absolute atomic E-state index is 11.7. The lowest BCUT2D eigenvalue weighted by Crippen LogP contribution is -2.34. The molecule has 0 aromatic carbocycles. The third-order valence-electron chi connectivity index (χ3n) is 2.02. The molecule has 7 heteroatoms. The first-order valence-electron chi connectivity index (χ1n) is 5.33. The number of nitrogens with one attached hydrogen (secondary N) is 2. The Morgan fingerprint density at radius 1 is 1.33 bits per heavy atom. The van der Waals surface area contributed by atoms with E-state index >= 15 is 0 Å². The van der Waals surface area contributed by atoms with E-state index in [1.165, 1.54) is 6.92 Å². The Hall–Kier alpha value is -1.47. The summed E-state index contributed by atoms with van der Waals surface area (Å²) in [4.78, 5) is 26.3. The third-order valence-corrected chi connectivity index (χ3v) is 2.48. The molecule has 98 valence electrons. The predicted octanol–water partition coefficient (Wildman–Crippen LogP) is 0.202. The quantitative estimate of drug-likeness (QED) is 0.677. The molecule has 0 bridgehead atoms. The van der Waals surface area contributed by atoms with Gasteiger partial charge in [-0.1, -0.05) is 15.9 Å². The molecular formula is C11H14BrN3O3. The molecule has 1 rings (SSSR count). The van der Waals surface area contributed by atoms with Crippen LogP contribution >= 0.6 is 15.9 Å². The number of nitrogens with zero attached hydrogens (tertiary/aromatic N) is 1. The second-order valence-corrected chi connectivity index (χ2v) is 4.47. The van der Waals surface area contributed by atoms with Crippen molar-refractivity contribution in [1.82, 2.24) is 15.6 Å². The number of carbonyl (C=O) groups is 2. The number of aromatic nitrogens is 1. The molecule has 2 amide bonds. The summed E-state index contributed by atoms with van der Waals surface area (Å²) in [7, 11) is 0. The van der Waals surface area contributed by atoms with Crippen LogP contribution in [0.1, 0.15) is 23.1 Å². The molecule has 0 aliphatic heterocycles. The van der Waals surface area contributed by atoms with Gasteiger partial charge in [-0.05, 0) is 12.1 Å². The van der Waals surface area contributed by atoms with Gasteiger partial charge in [-0.3, -0.25) is 9.59 Å². The van der Waals surface area contributed by atoms with Crippen molar-refractivity contribution in [1.29, 1.82) is 0 Å². The highest BCUT2D eigenvalue weighted by molar-refractivity contribution is 9.10. The Morgan fingerprint density at radius 2 is 2.00 bits per heavy atom. The maximum atomic E-state index is 11.7. The standard InChI is InChI=1S/C11H14BrN3O3/c1-7(17)13-2-3-14-11(18)10-5-8(12)4-9(6-16)15-10/h4-5,16H,2-3,6H2,1H3,(H,13,17)(H,14,18). The number of halogens is 1. The fraction of sp³-hybridized carbons (Fsp3) is 0.364. The average Bonchev–Trinajstić information content (AvgIpc) is 2.33. The lowest BCUT2D eigenvalue weighted by Gasteiger charge is -2.06. The van der Waals surface area contributed by atoms with Gasteiger partial charge in [-0.2, -0.15) is 0 Å². The summed E-state index contributed by atoms with van der Waals surface area (Å²) in [5.74, 6) is -0.497. The minimum Gasteiger partial charge on any atom is -0.390 e. The summed E-state index contributed by atoms with van der Waals surface area (Å²) >= 11 is 3.23. The SMILES string of the molecule is CC(=O)NCCNC(=O)c1cc(Br)cc(CO)n1. The average molecular weight is 316 g/mol. The van der Waals surface area contributed by atoms with Crippen molar-refractivity contribution >= 4 is 27.7 Å². The van der Waals surface area contributed by atoms with Crippen LogP contribution in [0.5, 0.6) is 0 Å². The number of hydrogen-bond acceptors (Lipinski definition) is 4. The van der Waals surface area contributed by atoms with Crippen molar-refractivity contribution in [3.63, 3.8) is 0 Å². The minimum atomic E-state index is -0.351. The van der Waals surface area contributed by atoms with E-state index in [1.807, 2.05) is 0 Å². The number of amides is 2. The van der Waals surface area contributed by atoms with Crippen LogP contribution in [0, 0.1) is 0 Å². The number of hydrogen-bond donors (Lipinski definition) is 3. The van der Waals surface area contributed by atoms with Crippen molar-refractivity contribution in [2.75, 3.05) is 13.1 Å². The first kappa shape index (κ1) is 14.6. The van der Waals surface area contributed by atoms with Crippen molar-refractivity contribution < 1.29 is 14.7 Å². The topological polar surface area (TPSA) is 91.3 Å². The molecule has 0 aliphatic carbocycles. The molecule has 6 nitrogen and oxygen atoms in total. The third kappa shape index (κ3) is 4.80. The minimum absolute atomic E-state index is 0.146. The summed E-state index contributed by atoms with van der Waals surface area (Å²) in [6, 6.07) is 3.20. The smallest absolute Gasteiger partial charge is 0.269 e. The largest absolute Gasteiger partial charge is 0.390 e. The van der Waals surface area contributed by atoms with E-state index in [4.69, 9.17) is 5.11 Å². The molecule has 0 saturated carbocycles. The summed E-state index contributed by atoms with van der Waals surface area (Å²) in [6.45, 7) is 1.86. The van der Waals surface area contributed by atoms with Crippen LogP contribution in [0.2, 0.25) is 0 Å². The monoisotopic (exact) mass is 315 g/mol. The molecule has 18 heavy (non-hydrogen) atoms. The number of rotatable bonds is 5. The summed E-state index contributed by atoms with van der Waals surface area (Å²) < 4.78 is 0.675. The zero-order chi connectivity index (χ0) is 13.5. The molecule has 0 saturated heterocycles. The van der Waals surface area contributed by atoms with Crippen LogP contribution in [0.25, 0.3) is 0 Å². The Kier molecular flexibility index (Phi) is 5.73. The van der Waals surface area contributed by atoms with E-state index in [0.29, 0.717) is 23.3 Å². The van der Waals surface area contributed by atoms with E-state index in [-0.39, 0.29) is 24.1 Å². The van der Waals surface area contributed by atoms with Gasteiger partial charge in [0.1, 0.15) is 5.69 Å². The van der Waals surface area contributed by atoms with Gasteiger partial charge < -0.3 is 15.7 Å². The zero-order valence-electron chi connectivity index (χ0n) is 9.86. The van der Waals surface area contributed by atoms with Crippen LogP contribution in [-0.2, 0) is 11.4 Å². The Balaban J connectivity index is 2.55. The van der Waals surface area contributed by atoms with Crippen LogP contribution < -0.4 is 10.6 Å². The lowest BCUT2D eigenvalue weighted by atomic mass is 10.3. The molecule has 0 aliphatic rings. The van der Waals surface area contributed by atoms with Crippen LogP contribution in [-0.4, -0.2) is 35.0 Å². The first-order chi connectivity index (χ1) is 8.52. The van der Waals surface area contributed by atoms with Gasteiger partial charge in [0.2, 0.25) is 5.91 Å². The Morgan fingerprint density at radius 3 is 2.61 bits per heavy atom. The van der Waals surface area contributed by atoms with Crippen molar-refractivity contribution in [3.05, 3.63) is 28.0 Å². The molecule has 1 aromatic rings. The van der Waals surface area contributed by atoms with Gasteiger partial charge in [0, 0.05) is 24.5 Å². The van der Waals surface area contributed by atoms with E-state index in [0.717, 1.165) is 0 Å². The fourth-order valence-corrected chi connectivity index (χ4v) is 1.73. The molecule has 0 spiro atoms. The highest BCUT2D eigenvalue weighted by Crippen LogP contribution is 2.12. The van der Waals surface area contributed by atoms with Crippen molar-refractivity contribution in [2.45, 2.75) is 13.5 Å². The van der Waals surface area contributed by atoms with Gasteiger partial charge in [-0.25, -0.2) is 4.98 Å². The van der Waals surface area contributed by atoms with Crippen molar-refractivity contribution in [3.8, 4) is 0 Å². The molecule has 1 aromatic heterocycles. The molecule has 0 radical (unpaired) electrons. The van der Waals surface area contributed by atoms with Gasteiger partial charge in [0.15, 0.2) is 0 Å². The number of aliphatic hydroxyl groups excluding tert-OH is 1. The van der Waals surface area contributed by atoms with Gasteiger partial charge in [0.05, 0.1) is 12.3 Å². The normalized spacial score (nSPS) is 9.94. The number of pyridine rings is 1. The molecule has 0 fully saturated rings. The highest BCUT2D eigenvalue weighted by Gasteiger charge is 2.09. The van der Waals surface area contributed by atoms with Gasteiger partial charge in [-0.15, -0.1) is 0 Å². The van der Waals surface area contributed by atoms with Crippen LogP contribution in [0.4, 0.5) is 0 Å². The lowest BCUT2D eigenvalue weighted by molar-refractivity contribution is -0.118. The summed E-state index contributed by atoms with van der Waals surface area (Å²) in [5.41, 5.74) is 0.632. The fourth-order valence-electron chi connectivity index (χ4n) is 1.25.